The van der Waals surface area contributed by atoms with Gasteiger partial charge in [-0.1, -0.05) is 39.0 Å². The topological polar surface area (TPSA) is 37.4 Å². The molecular formula is C15H18FNO2. The molecule has 1 aliphatic heterocycles. The number of hydrogen-bond acceptors (Lipinski definition) is 2. The first kappa shape index (κ1) is 13.7. The van der Waals surface area contributed by atoms with E-state index in [0.717, 1.165) is 4.90 Å². The first-order chi connectivity index (χ1) is 8.88. The number of anilines is 1. The van der Waals surface area contributed by atoms with Gasteiger partial charge in [0.05, 0.1) is 17.5 Å². The lowest BCUT2D eigenvalue weighted by Crippen LogP contribution is -2.34. The van der Waals surface area contributed by atoms with Crippen LogP contribution < -0.4 is 4.90 Å². The van der Waals surface area contributed by atoms with Crippen molar-refractivity contribution in [3.8, 4) is 0 Å². The third-order valence-electron chi connectivity index (χ3n) is 3.54. The minimum atomic E-state index is -0.868. The molecule has 2 rings (SSSR count). The van der Waals surface area contributed by atoms with Crippen LogP contribution in [0.5, 0.6) is 0 Å². The van der Waals surface area contributed by atoms with Crippen LogP contribution in [0.2, 0.25) is 0 Å². The monoisotopic (exact) mass is 263 g/mol. The number of amides is 2. The summed E-state index contributed by atoms with van der Waals surface area (Å²) in [6.45, 7) is 4.79. The van der Waals surface area contributed by atoms with E-state index in [4.69, 9.17) is 0 Å². The molecule has 2 amide bonds. The van der Waals surface area contributed by atoms with Gasteiger partial charge in [-0.15, -0.1) is 0 Å². The molecule has 0 saturated carbocycles. The summed E-state index contributed by atoms with van der Waals surface area (Å²) in [6.07, 6.45) is 0. The molecule has 0 aromatic heterocycles. The number of hydrogen-bond donors (Lipinski definition) is 0. The molecule has 0 bridgehead atoms. The number of carbonyl (C=O) groups is 2. The number of halogens is 1. The highest BCUT2D eigenvalue weighted by Gasteiger charge is 2.52. The SMILES string of the molecule is CC(C)(C)C1C(=O)N(c2ccccc2)C(=O)C1CF. The molecule has 1 saturated heterocycles. The van der Waals surface area contributed by atoms with Crippen molar-refractivity contribution in [2.24, 2.45) is 17.3 Å². The first-order valence-corrected chi connectivity index (χ1v) is 6.36. The van der Waals surface area contributed by atoms with Crippen LogP contribution in [0.1, 0.15) is 20.8 Å². The zero-order valence-electron chi connectivity index (χ0n) is 11.4. The van der Waals surface area contributed by atoms with E-state index in [1.165, 1.54) is 0 Å². The van der Waals surface area contributed by atoms with Crippen molar-refractivity contribution in [3.05, 3.63) is 30.3 Å². The maximum atomic E-state index is 13.2. The van der Waals surface area contributed by atoms with Crippen LogP contribution in [0.25, 0.3) is 0 Å². The number of alkyl halides is 1. The van der Waals surface area contributed by atoms with Gasteiger partial charge in [-0.05, 0) is 17.5 Å². The van der Waals surface area contributed by atoms with Crippen LogP contribution >= 0.6 is 0 Å². The molecule has 2 atom stereocenters. The Kier molecular flexibility index (Phi) is 3.43. The van der Waals surface area contributed by atoms with Gasteiger partial charge in [0.1, 0.15) is 6.67 Å². The number of carbonyl (C=O) groups excluding carboxylic acids is 2. The molecule has 3 nitrogen and oxygen atoms in total. The van der Waals surface area contributed by atoms with Crippen molar-refractivity contribution in [1.82, 2.24) is 0 Å². The standard InChI is InChI=1S/C15H18FNO2/c1-15(2,3)12-11(9-16)13(18)17(14(12)19)10-7-5-4-6-8-10/h4-8,11-12H,9H2,1-3H3. The van der Waals surface area contributed by atoms with Crippen LogP contribution in [0.15, 0.2) is 30.3 Å². The lowest BCUT2D eigenvalue weighted by atomic mass is 9.75. The molecular weight excluding hydrogens is 245 g/mol. The maximum absolute atomic E-state index is 13.2. The molecule has 4 heteroatoms. The predicted molar refractivity (Wildman–Crippen MR) is 71.3 cm³/mol. The van der Waals surface area contributed by atoms with Gasteiger partial charge < -0.3 is 0 Å². The van der Waals surface area contributed by atoms with E-state index in [-0.39, 0.29) is 5.91 Å². The molecule has 19 heavy (non-hydrogen) atoms. The summed E-state index contributed by atoms with van der Waals surface area (Å²) >= 11 is 0. The first-order valence-electron chi connectivity index (χ1n) is 6.36. The highest BCUT2D eigenvalue weighted by Crippen LogP contribution is 2.41. The van der Waals surface area contributed by atoms with Crippen LogP contribution in [0.4, 0.5) is 10.1 Å². The second-order valence-electron chi connectivity index (χ2n) is 5.95. The summed E-state index contributed by atoms with van der Waals surface area (Å²) in [5.41, 5.74) is 0.0789. The van der Waals surface area contributed by atoms with Crippen molar-refractivity contribution < 1.29 is 14.0 Å². The third-order valence-corrected chi connectivity index (χ3v) is 3.54. The second kappa shape index (κ2) is 4.76. The number of nitrogens with zero attached hydrogens (tertiary/aromatic N) is 1. The molecule has 0 aliphatic carbocycles. The van der Waals surface area contributed by atoms with E-state index < -0.39 is 29.8 Å². The Morgan fingerprint density at radius 1 is 1.11 bits per heavy atom. The van der Waals surface area contributed by atoms with Gasteiger partial charge in [0.25, 0.3) is 0 Å². The molecule has 1 aromatic carbocycles. The number of rotatable bonds is 2. The Morgan fingerprint density at radius 2 is 1.68 bits per heavy atom. The molecule has 102 valence electrons. The van der Waals surface area contributed by atoms with Gasteiger partial charge in [0.15, 0.2) is 0 Å². The minimum absolute atomic E-state index is 0.300. The van der Waals surface area contributed by atoms with Crippen LogP contribution in [0.3, 0.4) is 0 Å². The lowest BCUT2D eigenvalue weighted by Gasteiger charge is -2.27. The molecule has 1 aromatic rings. The highest BCUT2D eigenvalue weighted by molar-refractivity contribution is 6.22. The fourth-order valence-electron chi connectivity index (χ4n) is 2.69. The Balaban J connectivity index is 2.44. The van der Waals surface area contributed by atoms with E-state index in [0.29, 0.717) is 5.69 Å². The Bertz CT molecular complexity index is 493. The molecule has 1 fully saturated rings. The molecule has 1 aliphatic rings. The van der Waals surface area contributed by atoms with E-state index >= 15 is 0 Å². The van der Waals surface area contributed by atoms with Gasteiger partial charge in [-0.25, -0.2) is 4.90 Å². The average Bonchev–Trinajstić information content (AvgIpc) is 2.61. The summed E-state index contributed by atoms with van der Waals surface area (Å²) in [5, 5.41) is 0. The summed E-state index contributed by atoms with van der Waals surface area (Å²) in [7, 11) is 0. The lowest BCUT2D eigenvalue weighted by molar-refractivity contribution is -0.124. The zero-order valence-corrected chi connectivity index (χ0v) is 11.4. The minimum Gasteiger partial charge on any atom is -0.274 e. The fraction of sp³-hybridized carbons (Fsp3) is 0.467. The van der Waals surface area contributed by atoms with Gasteiger partial charge >= 0.3 is 0 Å². The average molecular weight is 263 g/mol. The van der Waals surface area contributed by atoms with Gasteiger partial charge in [0, 0.05) is 0 Å². The van der Waals surface area contributed by atoms with Gasteiger partial charge in [-0.2, -0.15) is 0 Å². The fourth-order valence-corrected chi connectivity index (χ4v) is 2.69. The van der Waals surface area contributed by atoms with E-state index in [2.05, 4.69) is 0 Å². The number of benzene rings is 1. The molecule has 0 radical (unpaired) electrons. The predicted octanol–water partition coefficient (Wildman–Crippen LogP) is 2.81. The maximum Gasteiger partial charge on any atom is 0.240 e. The Hall–Kier alpha value is -1.71. The van der Waals surface area contributed by atoms with Crippen molar-refractivity contribution in [2.75, 3.05) is 11.6 Å². The van der Waals surface area contributed by atoms with Crippen LogP contribution in [-0.4, -0.2) is 18.5 Å². The molecule has 0 spiro atoms. The summed E-state index contributed by atoms with van der Waals surface area (Å²) in [5.74, 6) is -2.21. The van der Waals surface area contributed by atoms with Crippen molar-refractivity contribution >= 4 is 17.5 Å². The van der Waals surface area contributed by atoms with Crippen LogP contribution in [-0.2, 0) is 9.59 Å². The molecule has 1 heterocycles. The summed E-state index contributed by atoms with van der Waals surface area (Å²) in [6, 6.07) is 8.70. The van der Waals surface area contributed by atoms with Crippen molar-refractivity contribution in [2.45, 2.75) is 20.8 Å². The normalized spacial score (nSPS) is 24.1. The highest BCUT2D eigenvalue weighted by atomic mass is 19.1. The van der Waals surface area contributed by atoms with Crippen molar-refractivity contribution in [1.29, 1.82) is 0 Å². The van der Waals surface area contributed by atoms with Crippen LogP contribution in [0, 0.1) is 17.3 Å². The summed E-state index contributed by atoms with van der Waals surface area (Å²) in [4.78, 5) is 25.9. The zero-order chi connectivity index (χ0) is 14.2. The number of imide groups is 1. The van der Waals surface area contributed by atoms with E-state index in [1.54, 1.807) is 24.3 Å². The molecule has 2 unspecified atom stereocenters. The van der Waals surface area contributed by atoms with E-state index in [1.807, 2.05) is 26.8 Å². The number of para-hydroxylation sites is 1. The summed E-state index contributed by atoms with van der Waals surface area (Å²) < 4.78 is 13.2. The largest absolute Gasteiger partial charge is 0.274 e. The molecule has 0 N–H and O–H groups in total. The Morgan fingerprint density at radius 3 is 2.11 bits per heavy atom. The second-order valence-corrected chi connectivity index (χ2v) is 5.95. The Labute approximate surface area is 112 Å². The van der Waals surface area contributed by atoms with Gasteiger partial charge in [-0.3, -0.25) is 14.0 Å². The van der Waals surface area contributed by atoms with Crippen molar-refractivity contribution in [3.63, 3.8) is 0 Å². The third kappa shape index (κ3) is 2.27. The quantitative estimate of drug-likeness (QED) is 0.769. The van der Waals surface area contributed by atoms with Gasteiger partial charge in [0.2, 0.25) is 11.8 Å². The van der Waals surface area contributed by atoms with E-state index in [9.17, 15) is 14.0 Å². The smallest absolute Gasteiger partial charge is 0.240 e.